The molecule has 0 aliphatic carbocycles. The summed E-state index contributed by atoms with van der Waals surface area (Å²) in [6.07, 6.45) is 2.22. The minimum Gasteiger partial charge on any atom is -0.383 e. The summed E-state index contributed by atoms with van der Waals surface area (Å²) in [6.45, 7) is 2.83. The second kappa shape index (κ2) is 7.32. The highest BCUT2D eigenvalue weighted by Gasteiger charge is 2.17. The third kappa shape index (κ3) is 4.24. The molecule has 0 saturated heterocycles. The van der Waals surface area contributed by atoms with Gasteiger partial charge in [0.15, 0.2) is 0 Å². The molecule has 0 spiro atoms. The van der Waals surface area contributed by atoms with Crippen LogP contribution in [0.5, 0.6) is 0 Å². The Bertz CT molecular complexity index is 632. The van der Waals surface area contributed by atoms with Crippen molar-refractivity contribution in [2.75, 3.05) is 12.3 Å². The van der Waals surface area contributed by atoms with Crippen LogP contribution >= 0.6 is 34.8 Å². The van der Waals surface area contributed by atoms with Crippen molar-refractivity contribution in [3.63, 3.8) is 0 Å². The molecule has 21 heavy (non-hydrogen) atoms. The van der Waals surface area contributed by atoms with Crippen molar-refractivity contribution in [3.8, 4) is 0 Å². The topological polar surface area (TPSA) is 50.9 Å². The van der Waals surface area contributed by atoms with Gasteiger partial charge in [-0.25, -0.2) is 4.98 Å². The van der Waals surface area contributed by atoms with E-state index in [2.05, 4.69) is 10.3 Å². The van der Waals surface area contributed by atoms with Gasteiger partial charge in [-0.3, -0.25) is 0 Å². The molecule has 0 aliphatic rings. The Morgan fingerprint density at radius 2 is 1.95 bits per heavy atom. The van der Waals surface area contributed by atoms with Crippen LogP contribution in [0.15, 0.2) is 30.5 Å². The first-order chi connectivity index (χ1) is 10.0. The van der Waals surface area contributed by atoms with Crippen LogP contribution in [0.1, 0.15) is 24.1 Å². The maximum absolute atomic E-state index is 6.25. The molecular formula is C15H16Cl3N3. The van der Waals surface area contributed by atoms with Crippen molar-refractivity contribution in [2.24, 2.45) is 0 Å². The molecule has 1 heterocycles. The fourth-order valence-electron chi connectivity index (χ4n) is 2.19. The summed E-state index contributed by atoms with van der Waals surface area (Å²) >= 11 is 18.2. The Labute approximate surface area is 139 Å². The zero-order valence-electron chi connectivity index (χ0n) is 11.5. The minimum absolute atomic E-state index is 0.0140. The van der Waals surface area contributed by atoms with Crippen LogP contribution in [0.25, 0.3) is 0 Å². The Morgan fingerprint density at radius 1 is 1.19 bits per heavy atom. The molecule has 0 fully saturated rings. The van der Waals surface area contributed by atoms with Crippen LogP contribution in [0.2, 0.25) is 15.1 Å². The van der Waals surface area contributed by atoms with Gasteiger partial charge in [-0.05, 0) is 36.7 Å². The Morgan fingerprint density at radius 3 is 2.62 bits per heavy atom. The molecular weight excluding hydrogens is 329 g/mol. The molecule has 1 aromatic carbocycles. The number of hydrogen-bond donors (Lipinski definition) is 2. The summed E-state index contributed by atoms with van der Waals surface area (Å²) in [4.78, 5) is 4.11. The molecule has 2 rings (SSSR count). The van der Waals surface area contributed by atoms with Crippen molar-refractivity contribution < 1.29 is 0 Å². The summed E-state index contributed by atoms with van der Waals surface area (Å²) in [5.74, 6) is 0.468. The van der Waals surface area contributed by atoms with E-state index in [1.54, 1.807) is 12.3 Å². The van der Waals surface area contributed by atoms with Crippen molar-refractivity contribution in [1.29, 1.82) is 0 Å². The zero-order valence-corrected chi connectivity index (χ0v) is 13.8. The maximum atomic E-state index is 6.25. The molecule has 0 radical (unpaired) electrons. The predicted molar refractivity (Wildman–Crippen MR) is 90.2 cm³/mol. The second-order valence-electron chi connectivity index (χ2n) is 4.68. The SMILES string of the molecule is CCNC(Cc1ccc(Cl)cc1Cl)c1cc(Cl)cnc1N. The molecule has 3 nitrogen and oxygen atoms in total. The summed E-state index contributed by atoms with van der Waals surface area (Å²) in [6, 6.07) is 7.30. The van der Waals surface area contributed by atoms with Gasteiger partial charge in [0.2, 0.25) is 0 Å². The summed E-state index contributed by atoms with van der Waals surface area (Å²) < 4.78 is 0. The van der Waals surface area contributed by atoms with Gasteiger partial charge in [-0.2, -0.15) is 0 Å². The molecule has 1 atom stereocenters. The fourth-order valence-corrected chi connectivity index (χ4v) is 2.84. The van der Waals surface area contributed by atoms with E-state index < -0.39 is 0 Å². The third-order valence-corrected chi connectivity index (χ3v) is 3.97. The highest BCUT2D eigenvalue weighted by atomic mass is 35.5. The smallest absolute Gasteiger partial charge is 0.128 e. The quantitative estimate of drug-likeness (QED) is 0.838. The van der Waals surface area contributed by atoms with E-state index in [4.69, 9.17) is 40.5 Å². The zero-order chi connectivity index (χ0) is 15.4. The van der Waals surface area contributed by atoms with Gasteiger partial charge in [0, 0.05) is 27.8 Å². The highest BCUT2D eigenvalue weighted by Crippen LogP contribution is 2.29. The fraction of sp³-hybridized carbons (Fsp3) is 0.267. The van der Waals surface area contributed by atoms with Gasteiger partial charge in [0.25, 0.3) is 0 Å². The van der Waals surface area contributed by atoms with Crippen LogP contribution in [0.3, 0.4) is 0 Å². The van der Waals surface area contributed by atoms with Gasteiger partial charge in [-0.1, -0.05) is 47.8 Å². The molecule has 0 aliphatic heterocycles. The number of hydrogen-bond acceptors (Lipinski definition) is 3. The number of benzene rings is 1. The number of rotatable bonds is 5. The van der Waals surface area contributed by atoms with E-state index in [-0.39, 0.29) is 6.04 Å². The van der Waals surface area contributed by atoms with Gasteiger partial charge in [-0.15, -0.1) is 0 Å². The average molecular weight is 345 g/mol. The highest BCUT2D eigenvalue weighted by molar-refractivity contribution is 6.35. The third-order valence-electron chi connectivity index (χ3n) is 3.18. The van der Waals surface area contributed by atoms with E-state index in [1.165, 1.54) is 0 Å². The molecule has 0 saturated carbocycles. The van der Waals surface area contributed by atoms with Crippen LogP contribution in [0, 0.1) is 0 Å². The van der Waals surface area contributed by atoms with E-state index >= 15 is 0 Å². The number of nitrogens with zero attached hydrogens (tertiary/aromatic N) is 1. The van der Waals surface area contributed by atoms with Crippen molar-refractivity contribution in [1.82, 2.24) is 10.3 Å². The number of anilines is 1. The van der Waals surface area contributed by atoms with E-state index in [0.717, 1.165) is 17.7 Å². The molecule has 6 heteroatoms. The minimum atomic E-state index is -0.0140. The van der Waals surface area contributed by atoms with Gasteiger partial charge >= 0.3 is 0 Å². The van der Waals surface area contributed by atoms with Crippen LogP contribution < -0.4 is 11.1 Å². The van der Waals surface area contributed by atoms with E-state index in [1.807, 2.05) is 25.1 Å². The lowest BCUT2D eigenvalue weighted by atomic mass is 9.99. The number of likely N-dealkylation sites (N-methyl/N-ethyl adjacent to an activating group) is 1. The number of pyridine rings is 1. The predicted octanol–water partition coefficient (Wildman–Crippen LogP) is 4.52. The van der Waals surface area contributed by atoms with Crippen LogP contribution in [-0.4, -0.2) is 11.5 Å². The average Bonchev–Trinajstić information content (AvgIpc) is 2.44. The van der Waals surface area contributed by atoms with Crippen molar-refractivity contribution in [2.45, 2.75) is 19.4 Å². The van der Waals surface area contributed by atoms with Gasteiger partial charge in [0.1, 0.15) is 5.82 Å². The number of halogens is 3. The normalized spacial score (nSPS) is 12.4. The standard InChI is InChI=1S/C15H16Cl3N3/c1-2-20-14(12-6-11(17)8-21-15(12)19)5-9-3-4-10(16)7-13(9)18/h3-4,6-8,14,20H,2,5H2,1H3,(H2,19,21). The molecule has 3 N–H and O–H groups in total. The monoisotopic (exact) mass is 343 g/mol. The number of aromatic nitrogens is 1. The van der Waals surface area contributed by atoms with E-state index in [9.17, 15) is 0 Å². The molecule has 0 amide bonds. The van der Waals surface area contributed by atoms with Gasteiger partial charge < -0.3 is 11.1 Å². The summed E-state index contributed by atoms with van der Waals surface area (Å²) in [5.41, 5.74) is 7.84. The lowest BCUT2D eigenvalue weighted by molar-refractivity contribution is 0.550. The summed E-state index contributed by atoms with van der Waals surface area (Å²) in [7, 11) is 0. The summed E-state index contributed by atoms with van der Waals surface area (Å²) in [5, 5.41) is 5.20. The molecule has 0 bridgehead atoms. The molecule has 2 aromatic rings. The first-order valence-corrected chi connectivity index (χ1v) is 7.73. The largest absolute Gasteiger partial charge is 0.383 e. The Kier molecular flexibility index (Phi) is 5.71. The second-order valence-corrected chi connectivity index (χ2v) is 5.96. The van der Waals surface area contributed by atoms with Gasteiger partial charge in [0.05, 0.1) is 5.02 Å². The lowest BCUT2D eigenvalue weighted by Gasteiger charge is -2.20. The Hall–Kier alpha value is -1.00. The van der Waals surface area contributed by atoms with E-state index in [0.29, 0.717) is 27.3 Å². The maximum Gasteiger partial charge on any atom is 0.128 e. The Balaban J connectivity index is 2.32. The van der Waals surface area contributed by atoms with Crippen molar-refractivity contribution in [3.05, 3.63) is 56.7 Å². The van der Waals surface area contributed by atoms with Crippen LogP contribution in [-0.2, 0) is 6.42 Å². The van der Waals surface area contributed by atoms with Crippen LogP contribution in [0.4, 0.5) is 5.82 Å². The molecule has 112 valence electrons. The number of nitrogens with two attached hydrogens (primary N) is 1. The number of nitrogen functional groups attached to an aromatic ring is 1. The first kappa shape index (κ1) is 16.4. The first-order valence-electron chi connectivity index (χ1n) is 6.59. The van der Waals surface area contributed by atoms with Crippen molar-refractivity contribution >= 4 is 40.6 Å². The number of nitrogens with one attached hydrogen (secondary N) is 1. The molecule has 1 aromatic heterocycles. The lowest BCUT2D eigenvalue weighted by Crippen LogP contribution is -2.24. The molecule has 1 unspecified atom stereocenters.